The topological polar surface area (TPSA) is 51.8 Å². The van der Waals surface area contributed by atoms with E-state index in [4.69, 9.17) is 5.73 Å². The highest BCUT2D eigenvalue weighted by Gasteiger charge is 2.18. The van der Waals surface area contributed by atoms with Crippen LogP contribution in [0.25, 0.3) is 22.0 Å². The van der Waals surface area contributed by atoms with Crippen molar-refractivity contribution < 1.29 is 4.39 Å². The highest BCUT2D eigenvalue weighted by molar-refractivity contribution is 6.08. The predicted octanol–water partition coefficient (Wildman–Crippen LogP) is 5.87. The summed E-state index contributed by atoms with van der Waals surface area (Å²) < 4.78 is 14.1. The van der Waals surface area contributed by atoms with E-state index in [1.54, 1.807) is 6.07 Å². The summed E-state index contributed by atoms with van der Waals surface area (Å²) in [6.45, 7) is 4.15. The molecule has 4 heteroatoms. The van der Waals surface area contributed by atoms with E-state index in [-0.39, 0.29) is 5.82 Å². The van der Waals surface area contributed by atoms with Gasteiger partial charge in [-0.1, -0.05) is 35.9 Å². The van der Waals surface area contributed by atoms with Crippen molar-refractivity contribution in [2.24, 2.45) is 0 Å². The number of benzene rings is 2. The first-order chi connectivity index (χ1) is 13.5. The molecule has 140 valence electrons. The second-order valence-corrected chi connectivity index (χ2v) is 7.15. The maximum absolute atomic E-state index is 14.1. The lowest BCUT2D eigenvalue weighted by molar-refractivity contribution is 0.627. The third-order valence-corrected chi connectivity index (χ3v) is 5.23. The minimum Gasteiger partial charge on any atom is -0.383 e. The molecule has 0 bridgehead atoms. The summed E-state index contributed by atoms with van der Waals surface area (Å²) in [5, 5.41) is 0.819. The van der Waals surface area contributed by atoms with Gasteiger partial charge in [0.05, 0.1) is 5.52 Å². The standard InChI is InChI=1S/C24H22FN3/c1-15-8-10-18(25)13-20(15)23-16(2)6-4-3-5-7-19(23)17-9-11-22-21(12-17)24(26)28-14-27-22/h3,5,7-14H,4,6H2,1-2H3,(H2,26,27,28). The minimum absolute atomic E-state index is 0.228. The highest BCUT2D eigenvalue weighted by atomic mass is 19.1. The van der Waals surface area contributed by atoms with Crippen LogP contribution in [0.2, 0.25) is 0 Å². The van der Waals surface area contributed by atoms with Gasteiger partial charge in [0.25, 0.3) is 0 Å². The third kappa shape index (κ3) is 3.33. The SMILES string of the molecule is CC1=C(c2cc(F)ccc2C)C(c2ccc3ncnc(N)c3c2)=CC=CCC1. The molecule has 3 nitrogen and oxygen atoms in total. The third-order valence-electron chi connectivity index (χ3n) is 5.23. The molecule has 0 amide bonds. The van der Waals surface area contributed by atoms with E-state index >= 15 is 0 Å². The number of nitrogen functional groups attached to an aromatic ring is 1. The second kappa shape index (κ2) is 7.39. The van der Waals surface area contributed by atoms with Gasteiger partial charge in [-0.25, -0.2) is 14.4 Å². The van der Waals surface area contributed by atoms with Gasteiger partial charge in [-0.05, 0) is 78.8 Å². The number of hydrogen-bond acceptors (Lipinski definition) is 3. The Kier molecular flexibility index (Phi) is 4.78. The summed E-state index contributed by atoms with van der Waals surface area (Å²) in [6, 6.07) is 11.0. The highest BCUT2D eigenvalue weighted by Crippen LogP contribution is 2.39. The van der Waals surface area contributed by atoms with Crippen LogP contribution >= 0.6 is 0 Å². The van der Waals surface area contributed by atoms with Crippen molar-refractivity contribution in [1.29, 1.82) is 0 Å². The molecule has 0 fully saturated rings. The predicted molar refractivity (Wildman–Crippen MR) is 114 cm³/mol. The van der Waals surface area contributed by atoms with Crippen LogP contribution in [0.5, 0.6) is 0 Å². The zero-order valence-corrected chi connectivity index (χ0v) is 16.0. The Morgan fingerprint density at radius 1 is 1.04 bits per heavy atom. The van der Waals surface area contributed by atoms with E-state index in [1.807, 2.05) is 31.2 Å². The van der Waals surface area contributed by atoms with Gasteiger partial charge >= 0.3 is 0 Å². The van der Waals surface area contributed by atoms with Gasteiger partial charge in [0.2, 0.25) is 0 Å². The summed E-state index contributed by atoms with van der Waals surface area (Å²) in [6.07, 6.45) is 9.71. The summed E-state index contributed by atoms with van der Waals surface area (Å²) in [4.78, 5) is 8.41. The second-order valence-electron chi connectivity index (χ2n) is 7.15. The fourth-order valence-electron chi connectivity index (χ4n) is 3.72. The van der Waals surface area contributed by atoms with E-state index in [2.05, 4.69) is 35.1 Å². The van der Waals surface area contributed by atoms with Gasteiger partial charge in [0.1, 0.15) is 18.0 Å². The quantitative estimate of drug-likeness (QED) is 0.613. The summed E-state index contributed by atoms with van der Waals surface area (Å²) in [5.74, 6) is 0.229. The maximum Gasteiger partial charge on any atom is 0.134 e. The monoisotopic (exact) mass is 371 g/mol. The van der Waals surface area contributed by atoms with Crippen LogP contribution in [0.1, 0.15) is 36.5 Å². The summed E-state index contributed by atoms with van der Waals surface area (Å²) in [5.41, 5.74) is 13.2. The first-order valence-corrected chi connectivity index (χ1v) is 9.38. The zero-order chi connectivity index (χ0) is 19.7. The van der Waals surface area contributed by atoms with Crippen LogP contribution in [0, 0.1) is 12.7 Å². The number of halogens is 1. The number of aryl methyl sites for hydroxylation is 1. The first-order valence-electron chi connectivity index (χ1n) is 9.38. The number of nitrogens with two attached hydrogens (primary N) is 1. The number of hydrogen-bond donors (Lipinski definition) is 1. The Balaban J connectivity index is 1.97. The lowest BCUT2D eigenvalue weighted by Gasteiger charge is -2.20. The van der Waals surface area contributed by atoms with Crippen LogP contribution in [-0.2, 0) is 0 Å². The molecule has 0 aliphatic heterocycles. The van der Waals surface area contributed by atoms with Crippen molar-refractivity contribution in [3.63, 3.8) is 0 Å². The van der Waals surface area contributed by atoms with Crippen LogP contribution in [0.15, 0.2) is 66.5 Å². The van der Waals surface area contributed by atoms with Crippen LogP contribution in [0.3, 0.4) is 0 Å². The average Bonchev–Trinajstić information content (AvgIpc) is 2.67. The number of rotatable bonds is 2. The molecule has 0 atom stereocenters. The van der Waals surface area contributed by atoms with E-state index in [9.17, 15) is 4.39 Å². The number of aromatic nitrogens is 2. The molecule has 1 aliphatic carbocycles. The van der Waals surface area contributed by atoms with Gasteiger partial charge in [0, 0.05) is 5.39 Å². The van der Waals surface area contributed by atoms with Crippen molar-refractivity contribution in [1.82, 2.24) is 9.97 Å². The molecule has 4 rings (SSSR count). The van der Waals surface area contributed by atoms with Crippen LogP contribution in [-0.4, -0.2) is 9.97 Å². The normalized spacial score (nSPS) is 14.8. The van der Waals surface area contributed by atoms with Gasteiger partial charge in [0.15, 0.2) is 0 Å². The van der Waals surface area contributed by atoms with Crippen LogP contribution < -0.4 is 5.73 Å². The molecule has 1 aliphatic rings. The van der Waals surface area contributed by atoms with E-state index in [0.29, 0.717) is 5.82 Å². The number of fused-ring (bicyclic) bond motifs is 1. The van der Waals surface area contributed by atoms with E-state index in [0.717, 1.165) is 51.6 Å². The molecule has 0 radical (unpaired) electrons. The molecule has 2 N–H and O–H groups in total. The molecule has 2 aromatic carbocycles. The van der Waals surface area contributed by atoms with Crippen molar-refractivity contribution in [2.75, 3.05) is 5.73 Å². The molecule has 0 spiro atoms. The molecule has 3 aromatic rings. The Hall–Kier alpha value is -3.27. The van der Waals surface area contributed by atoms with Crippen molar-refractivity contribution >= 4 is 27.9 Å². The average molecular weight is 371 g/mol. The van der Waals surface area contributed by atoms with Gasteiger partial charge in [-0.3, -0.25) is 0 Å². The molecule has 1 aromatic heterocycles. The van der Waals surface area contributed by atoms with Crippen molar-refractivity contribution in [3.05, 3.63) is 89.0 Å². The van der Waals surface area contributed by atoms with Gasteiger partial charge < -0.3 is 5.73 Å². The van der Waals surface area contributed by atoms with Crippen molar-refractivity contribution in [2.45, 2.75) is 26.7 Å². The molecule has 0 saturated carbocycles. The van der Waals surface area contributed by atoms with Crippen molar-refractivity contribution in [3.8, 4) is 0 Å². The lowest BCUT2D eigenvalue weighted by atomic mass is 9.84. The first kappa shape index (κ1) is 18.1. The Morgan fingerprint density at radius 3 is 2.75 bits per heavy atom. The minimum atomic E-state index is -0.228. The number of anilines is 1. The maximum atomic E-state index is 14.1. The molecule has 0 unspecified atom stereocenters. The van der Waals surface area contributed by atoms with E-state index < -0.39 is 0 Å². The molecular formula is C24H22FN3. The number of nitrogens with zero attached hydrogens (tertiary/aromatic N) is 2. The largest absolute Gasteiger partial charge is 0.383 e. The summed E-state index contributed by atoms with van der Waals surface area (Å²) >= 11 is 0. The fraction of sp³-hybridized carbons (Fsp3) is 0.167. The van der Waals surface area contributed by atoms with Gasteiger partial charge in [-0.15, -0.1) is 0 Å². The fourth-order valence-corrected chi connectivity index (χ4v) is 3.72. The molecule has 28 heavy (non-hydrogen) atoms. The number of allylic oxidation sites excluding steroid dienone is 6. The molecule has 1 heterocycles. The Morgan fingerprint density at radius 2 is 1.89 bits per heavy atom. The zero-order valence-electron chi connectivity index (χ0n) is 16.0. The molecule has 0 saturated heterocycles. The smallest absolute Gasteiger partial charge is 0.134 e. The van der Waals surface area contributed by atoms with Gasteiger partial charge in [-0.2, -0.15) is 0 Å². The lowest BCUT2D eigenvalue weighted by Crippen LogP contribution is -2.00. The van der Waals surface area contributed by atoms with E-state index in [1.165, 1.54) is 18.0 Å². The van der Waals surface area contributed by atoms with Crippen LogP contribution in [0.4, 0.5) is 10.2 Å². The Labute approximate surface area is 164 Å². The summed E-state index contributed by atoms with van der Waals surface area (Å²) in [7, 11) is 0. The molecular weight excluding hydrogens is 349 g/mol. The Bertz CT molecular complexity index is 1160.